The van der Waals surface area contributed by atoms with Crippen LogP contribution in [0.2, 0.25) is 0 Å². The summed E-state index contributed by atoms with van der Waals surface area (Å²) < 4.78 is 45.1. The summed E-state index contributed by atoms with van der Waals surface area (Å²) in [5.41, 5.74) is 17.4. The fraction of sp³-hybridized carbons (Fsp3) is 0.886. The van der Waals surface area contributed by atoms with Crippen molar-refractivity contribution in [3.8, 4) is 0 Å². The molecule has 4 saturated heterocycles. The Bertz CT molecular complexity index is 1640. The monoisotopic (exact) mass is 968 g/mol. The Morgan fingerprint density at radius 3 is 1.68 bits per heavy atom. The fourth-order valence-electron chi connectivity index (χ4n) is 7.67. The third-order valence-electron chi connectivity index (χ3n) is 11.5. The van der Waals surface area contributed by atoms with E-state index in [1.807, 2.05) is 0 Å². The lowest BCUT2D eigenvalue weighted by Gasteiger charge is -2.51. The van der Waals surface area contributed by atoms with Crippen molar-refractivity contribution in [1.82, 2.24) is 5.32 Å². The van der Waals surface area contributed by atoms with Crippen molar-refractivity contribution in [3.63, 3.8) is 0 Å². The molecule has 0 aromatic rings. The van der Waals surface area contributed by atoms with Crippen molar-refractivity contribution in [2.75, 3.05) is 33.0 Å². The second-order valence-electron chi connectivity index (χ2n) is 16.2. The maximum absolute atomic E-state index is 12.8. The van der Waals surface area contributed by atoms with Crippen LogP contribution < -0.4 is 22.5 Å². The third-order valence-corrected chi connectivity index (χ3v) is 11.5. The van der Waals surface area contributed by atoms with Crippen LogP contribution in [0.1, 0.15) is 19.8 Å². The molecular weight excluding hydrogens is 908 g/mol. The van der Waals surface area contributed by atoms with Crippen LogP contribution in [0.3, 0.4) is 0 Å². The average Bonchev–Trinajstić information content (AvgIpc) is 3.26. The molecule has 23 atom stereocenters. The molecule has 0 aromatic heterocycles. The van der Waals surface area contributed by atoms with Gasteiger partial charge in [0, 0.05) is 19.8 Å². The van der Waals surface area contributed by atoms with E-state index in [1.54, 1.807) is 0 Å². The van der Waals surface area contributed by atoms with Crippen molar-refractivity contribution >= 4 is 23.8 Å². The number of aliphatic hydroxyl groups is 12. The summed E-state index contributed by atoms with van der Waals surface area (Å²) in [6.45, 7) is -4.34. The predicted molar refractivity (Wildman–Crippen MR) is 203 cm³/mol. The molecule has 0 aliphatic carbocycles. The van der Waals surface area contributed by atoms with Crippen molar-refractivity contribution in [2.24, 2.45) is 17.2 Å². The molecule has 1 amide bonds. The minimum absolute atomic E-state index is 0.888. The lowest BCUT2D eigenvalue weighted by atomic mass is 9.88. The number of amides is 1. The van der Waals surface area contributed by atoms with Gasteiger partial charge in [-0.2, -0.15) is 0 Å². The number of nitrogens with two attached hydrogens (primary N) is 3. The summed E-state index contributed by atoms with van der Waals surface area (Å²) in [5, 5.41) is 159. The van der Waals surface area contributed by atoms with Crippen LogP contribution in [0.25, 0.3) is 0 Å². The van der Waals surface area contributed by atoms with E-state index < -0.39 is 210 Å². The van der Waals surface area contributed by atoms with Crippen LogP contribution in [0.15, 0.2) is 0 Å². The molecule has 4 aliphatic heterocycles. The van der Waals surface area contributed by atoms with E-state index >= 15 is 0 Å². The Morgan fingerprint density at radius 1 is 0.727 bits per heavy atom. The van der Waals surface area contributed by atoms with Gasteiger partial charge in [-0.15, -0.1) is 0 Å². The van der Waals surface area contributed by atoms with Gasteiger partial charge < -0.3 is 137 Å². The van der Waals surface area contributed by atoms with Gasteiger partial charge in [-0.1, -0.05) is 0 Å². The van der Waals surface area contributed by atoms with Gasteiger partial charge in [0.15, 0.2) is 12.6 Å². The summed E-state index contributed by atoms with van der Waals surface area (Å²) >= 11 is 0. The average molecular weight is 969 g/mol. The first-order chi connectivity index (χ1) is 30.8. The van der Waals surface area contributed by atoms with Gasteiger partial charge in [-0.05, 0) is 0 Å². The van der Waals surface area contributed by atoms with Crippen LogP contribution >= 0.6 is 0 Å². The molecule has 4 heterocycles. The molecule has 0 radical (unpaired) electrons. The first-order valence-corrected chi connectivity index (χ1v) is 20.2. The highest BCUT2D eigenvalue weighted by Crippen LogP contribution is 2.39. The SMILES string of the molecule is CC(=O)N[C@H]1[C@@H](OC[C@H](N)C(=O)O)O[C@H](CO[C@@]2(C(=O)O)C[C@H](O)[C@@H](N)[C@H]([C@H](O)[C@H](O)CO)O2)[C@H](O)[C@@H]1O[C@@H]1O[C@H](CO)[C@H](O)[C@H](O[C@@]2(C(=O)O)C[C@H](O)[C@@H](N)[C@H]([C@H](O)[C@H](O)CO)O2)[C@H]1O. The van der Waals surface area contributed by atoms with E-state index in [0.29, 0.717) is 0 Å². The number of aliphatic carboxylic acids is 3. The summed E-state index contributed by atoms with van der Waals surface area (Å²) in [6.07, 6.45) is -37.1. The van der Waals surface area contributed by atoms with Gasteiger partial charge in [-0.3, -0.25) is 9.59 Å². The number of rotatable bonds is 21. The van der Waals surface area contributed by atoms with Crippen molar-refractivity contribution in [3.05, 3.63) is 0 Å². The third kappa shape index (κ3) is 12.0. The van der Waals surface area contributed by atoms with E-state index in [-0.39, 0.29) is 0 Å². The highest BCUT2D eigenvalue weighted by molar-refractivity contribution is 5.76. The molecule has 31 nitrogen and oxygen atoms in total. The summed E-state index contributed by atoms with van der Waals surface area (Å²) in [7, 11) is 0. The smallest absolute Gasteiger partial charge is 0.364 e. The minimum atomic E-state index is -3.14. The standard InChI is InChI=1S/C35H60N4O27/c1-9(43)39-19-27(63-31-24(52)28(22(50)15(6-42)61-31)66-35(33(57)58)3-12(45)18(38)26(65-35)21(49)14(47)5-41)23(51)16(62-30(19)59-7-10(36)29(53)54)8-60-34(32(55)56)2-11(44)17(37)25(64-34)20(48)13(46)4-40/h10-28,30-31,40-42,44-52H,2-8,36-38H2,1H3,(H,39,43)(H,53,54)(H,55,56)(H,57,58)/t10-,11-,12-,13+,14+,15+,16+,17+,18+,19+,20+,21+,22-,23-,24+,25+,26+,27+,28-,30-,31-,34-,35+/m0/s1. The molecular formula is C35H60N4O27. The first kappa shape index (κ1) is 55.6. The number of aliphatic hydroxyl groups excluding tert-OH is 12. The number of hydrogen-bond donors (Lipinski definition) is 19. The number of hydrogen-bond acceptors (Lipinski definition) is 27. The predicted octanol–water partition coefficient (Wildman–Crippen LogP) is -11.8. The Hall–Kier alpha value is -3.04. The molecule has 0 unspecified atom stereocenters. The topological polar surface area (TPSA) is 536 Å². The van der Waals surface area contributed by atoms with Gasteiger partial charge in [0.05, 0.1) is 57.3 Å². The number of nitrogens with one attached hydrogen (secondary N) is 1. The van der Waals surface area contributed by atoms with Crippen molar-refractivity contribution in [1.29, 1.82) is 0 Å². The Morgan fingerprint density at radius 2 is 1.21 bits per heavy atom. The first-order valence-electron chi connectivity index (χ1n) is 20.2. The van der Waals surface area contributed by atoms with Gasteiger partial charge in [-0.25, -0.2) is 9.59 Å². The fourth-order valence-corrected chi connectivity index (χ4v) is 7.67. The van der Waals surface area contributed by atoms with E-state index in [9.17, 15) is 95.8 Å². The Balaban J connectivity index is 1.73. The molecule has 382 valence electrons. The molecule has 31 heteroatoms. The second-order valence-corrected chi connectivity index (χ2v) is 16.2. The quantitative estimate of drug-likeness (QED) is 0.0508. The number of carbonyl (C=O) groups excluding carboxylic acids is 1. The zero-order valence-corrected chi connectivity index (χ0v) is 34.9. The maximum Gasteiger partial charge on any atom is 0.364 e. The van der Waals surface area contributed by atoms with Crippen LogP contribution in [0.4, 0.5) is 0 Å². The van der Waals surface area contributed by atoms with Crippen molar-refractivity contribution in [2.45, 2.75) is 160 Å². The van der Waals surface area contributed by atoms with E-state index in [4.69, 9.17) is 55.1 Å². The van der Waals surface area contributed by atoms with E-state index in [0.717, 1.165) is 6.92 Å². The second kappa shape index (κ2) is 23.0. The lowest BCUT2D eigenvalue weighted by molar-refractivity contribution is -0.382. The largest absolute Gasteiger partial charge is 0.480 e. The number of carbonyl (C=O) groups is 4. The maximum atomic E-state index is 12.8. The highest BCUT2D eigenvalue weighted by atomic mass is 16.8. The van der Waals surface area contributed by atoms with E-state index in [1.165, 1.54) is 0 Å². The molecule has 22 N–H and O–H groups in total. The Kier molecular flexibility index (Phi) is 19.4. The zero-order valence-electron chi connectivity index (χ0n) is 34.9. The normalized spacial score (nSPS) is 42.1. The van der Waals surface area contributed by atoms with E-state index in [2.05, 4.69) is 5.32 Å². The van der Waals surface area contributed by atoms with Gasteiger partial charge in [0.1, 0.15) is 91.4 Å². The number of carboxylic acids is 3. The molecule has 0 aromatic carbocycles. The zero-order chi connectivity index (χ0) is 49.7. The molecule has 0 saturated carbocycles. The molecule has 0 bridgehead atoms. The van der Waals surface area contributed by atoms with Crippen LogP contribution in [-0.2, 0) is 57.1 Å². The summed E-state index contributed by atoms with van der Waals surface area (Å²) in [5.74, 6) is -12.6. The summed E-state index contributed by atoms with van der Waals surface area (Å²) in [4.78, 5) is 49.7. The molecule has 66 heavy (non-hydrogen) atoms. The minimum Gasteiger partial charge on any atom is -0.480 e. The van der Waals surface area contributed by atoms with Gasteiger partial charge in [0.25, 0.3) is 11.6 Å². The molecule has 0 spiro atoms. The summed E-state index contributed by atoms with van der Waals surface area (Å²) in [6, 6.07) is -6.75. The van der Waals surface area contributed by atoms with Crippen LogP contribution in [0, 0.1) is 0 Å². The van der Waals surface area contributed by atoms with Gasteiger partial charge in [0.2, 0.25) is 5.91 Å². The lowest BCUT2D eigenvalue weighted by Crippen LogP contribution is -2.71. The molecule has 4 aliphatic rings. The number of ether oxygens (including phenoxy) is 8. The number of carboxylic acid groups (broad SMARTS) is 3. The van der Waals surface area contributed by atoms with Crippen molar-refractivity contribution < 1.29 is 134 Å². The highest BCUT2D eigenvalue weighted by Gasteiger charge is 2.61. The Labute approximate surface area is 372 Å². The van der Waals surface area contributed by atoms with Crippen LogP contribution in [0.5, 0.6) is 0 Å². The van der Waals surface area contributed by atoms with Crippen LogP contribution in [-0.4, -0.2) is 273 Å². The van der Waals surface area contributed by atoms with Gasteiger partial charge >= 0.3 is 17.9 Å². The molecule has 4 fully saturated rings. The molecule has 4 rings (SSSR count).